The highest BCUT2D eigenvalue weighted by molar-refractivity contribution is 5.94. The molecular formula is C28H35N3. The van der Waals surface area contributed by atoms with E-state index in [1.54, 1.807) is 0 Å². The summed E-state index contributed by atoms with van der Waals surface area (Å²) in [5, 5.41) is 4.76. The zero-order chi connectivity index (χ0) is 21.4. The van der Waals surface area contributed by atoms with Crippen LogP contribution in [0.1, 0.15) is 75.1 Å². The molecule has 5 rings (SSSR count). The number of piperidine rings is 1. The van der Waals surface area contributed by atoms with Crippen LogP contribution >= 0.6 is 0 Å². The molecule has 1 spiro atoms. The Kier molecular flexibility index (Phi) is 5.47. The van der Waals surface area contributed by atoms with E-state index in [0.29, 0.717) is 11.3 Å². The van der Waals surface area contributed by atoms with Crippen molar-refractivity contribution in [1.29, 1.82) is 0 Å². The summed E-state index contributed by atoms with van der Waals surface area (Å²) in [4.78, 5) is 8.46. The van der Waals surface area contributed by atoms with Crippen LogP contribution in [0, 0.1) is 5.41 Å². The molecule has 3 aromatic rings. The summed E-state index contributed by atoms with van der Waals surface area (Å²) in [6.07, 6.45) is 10.5. The Balaban J connectivity index is 1.50. The van der Waals surface area contributed by atoms with Gasteiger partial charge in [0.2, 0.25) is 0 Å². The molecule has 1 aliphatic heterocycles. The summed E-state index contributed by atoms with van der Waals surface area (Å²) in [5.74, 6) is 0.553. The molecule has 1 aliphatic carbocycles. The van der Waals surface area contributed by atoms with Gasteiger partial charge in [-0.1, -0.05) is 45.0 Å². The van der Waals surface area contributed by atoms with Crippen molar-refractivity contribution in [3.63, 3.8) is 0 Å². The van der Waals surface area contributed by atoms with Crippen molar-refractivity contribution in [2.45, 2.75) is 64.7 Å². The van der Waals surface area contributed by atoms with Gasteiger partial charge < -0.3 is 10.3 Å². The number of allylic oxidation sites excluding steroid dienone is 1. The highest BCUT2D eigenvalue weighted by Gasteiger charge is 2.37. The Labute approximate surface area is 186 Å². The molecule has 1 saturated heterocycles. The minimum absolute atomic E-state index is 0.402. The molecule has 3 nitrogen and oxygen atoms in total. The number of hydrogen-bond acceptors (Lipinski definition) is 2. The highest BCUT2D eigenvalue weighted by atomic mass is 14.9. The van der Waals surface area contributed by atoms with Gasteiger partial charge in [-0.3, -0.25) is 0 Å². The van der Waals surface area contributed by atoms with Crippen LogP contribution in [0.5, 0.6) is 0 Å². The van der Waals surface area contributed by atoms with Gasteiger partial charge in [-0.05, 0) is 91.4 Å². The molecule has 2 aliphatic rings. The first kappa shape index (κ1) is 20.5. The topological polar surface area (TPSA) is 40.7 Å². The Morgan fingerprint density at radius 3 is 2.68 bits per heavy atom. The molecule has 2 aromatic heterocycles. The smallest absolute Gasteiger partial charge is 0.138 e. The SMILES string of the molecule is C=C1CC2(CCNCC2)Cc2cc(-c3c[nH]c4nc(C(CC)CCC)ccc34)ccc21. The first-order chi connectivity index (χ1) is 15.1. The van der Waals surface area contributed by atoms with Crippen molar-refractivity contribution in [2.75, 3.05) is 13.1 Å². The van der Waals surface area contributed by atoms with Gasteiger partial charge in [0.15, 0.2) is 0 Å². The van der Waals surface area contributed by atoms with Crippen LogP contribution in [0.15, 0.2) is 43.1 Å². The number of aromatic nitrogens is 2. The summed E-state index contributed by atoms with van der Waals surface area (Å²) in [7, 11) is 0. The number of H-pyrrole nitrogens is 1. The van der Waals surface area contributed by atoms with Crippen LogP contribution in [-0.2, 0) is 6.42 Å². The molecule has 3 heterocycles. The maximum absolute atomic E-state index is 5.00. The molecule has 0 saturated carbocycles. The Bertz CT molecular complexity index is 1100. The average Bonchev–Trinajstić information content (AvgIpc) is 3.21. The van der Waals surface area contributed by atoms with E-state index in [1.165, 1.54) is 71.0 Å². The van der Waals surface area contributed by atoms with Crippen molar-refractivity contribution >= 4 is 16.6 Å². The lowest BCUT2D eigenvalue weighted by Gasteiger charge is -2.42. The molecule has 1 fully saturated rings. The van der Waals surface area contributed by atoms with Gasteiger partial charge in [0.05, 0.1) is 0 Å². The summed E-state index contributed by atoms with van der Waals surface area (Å²) in [6, 6.07) is 11.5. The molecular weight excluding hydrogens is 378 g/mol. The number of fused-ring (bicyclic) bond motifs is 2. The number of nitrogens with zero attached hydrogens (tertiary/aromatic N) is 1. The van der Waals surface area contributed by atoms with E-state index in [4.69, 9.17) is 4.98 Å². The second-order valence-corrected chi connectivity index (χ2v) is 9.81. The third kappa shape index (κ3) is 3.74. The van der Waals surface area contributed by atoms with E-state index in [2.05, 4.69) is 67.3 Å². The first-order valence-electron chi connectivity index (χ1n) is 12.1. The number of nitrogens with one attached hydrogen (secondary N) is 2. The van der Waals surface area contributed by atoms with Gasteiger partial charge >= 0.3 is 0 Å². The lowest BCUT2D eigenvalue weighted by Crippen LogP contribution is -2.40. The van der Waals surface area contributed by atoms with E-state index < -0.39 is 0 Å². The van der Waals surface area contributed by atoms with Gasteiger partial charge in [0, 0.05) is 28.8 Å². The summed E-state index contributed by atoms with van der Waals surface area (Å²) in [6.45, 7) is 11.3. The van der Waals surface area contributed by atoms with E-state index in [0.717, 1.165) is 31.6 Å². The molecule has 3 heteroatoms. The Morgan fingerprint density at radius 2 is 1.90 bits per heavy atom. The molecule has 1 atom stereocenters. The fraction of sp³-hybridized carbons (Fsp3) is 0.464. The van der Waals surface area contributed by atoms with Crippen LogP contribution in [0.3, 0.4) is 0 Å². The summed E-state index contributed by atoms with van der Waals surface area (Å²) < 4.78 is 0. The predicted octanol–water partition coefficient (Wildman–Crippen LogP) is 6.85. The molecule has 2 N–H and O–H groups in total. The van der Waals surface area contributed by atoms with Crippen molar-refractivity contribution in [3.05, 3.63) is 59.9 Å². The van der Waals surface area contributed by atoms with Crippen molar-refractivity contribution in [3.8, 4) is 11.1 Å². The van der Waals surface area contributed by atoms with E-state index in [1.807, 2.05) is 0 Å². The van der Waals surface area contributed by atoms with Gasteiger partial charge in [-0.25, -0.2) is 4.98 Å². The molecule has 1 unspecified atom stereocenters. The third-order valence-corrected chi connectivity index (χ3v) is 7.72. The monoisotopic (exact) mass is 413 g/mol. The average molecular weight is 414 g/mol. The molecule has 0 bridgehead atoms. The van der Waals surface area contributed by atoms with E-state index in [9.17, 15) is 0 Å². The van der Waals surface area contributed by atoms with Crippen molar-refractivity contribution in [2.24, 2.45) is 5.41 Å². The van der Waals surface area contributed by atoms with Crippen LogP contribution in [-0.4, -0.2) is 23.1 Å². The molecule has 1 aromatic carbocycles. The second-order valence-electron chi connectivity index (χ2n) is 9.81. The number of benzene rings is 1. The standard InChI is InChI=1S/C28H35N3/c1-4-6-20(5-2)26-10-9-24-25(18-30-27(24)31-26)21-7-8-23-19(3)16-28(17-22(23)15-21)11-13-29-14-12-28/h7-10,15,18,20,29H,3-6,11-14,16-17H2,1-2H3,(H,30,31). The van der Waals surface area contributed by atoms with Crippen LogP contribution in [0.25, 0.3) is 27.7 Å². The maximum atomic E-state index is 5.00. The normalized spacial score (nSPS) is 19.0. The number of pyridine rings is 1. The lowest BCUT2D eigenvalue weighted by atomic mass is 9.65. The Hall–Kier alpha value is -2.39. The predicted molar refractivity (Wildman–Crippen MR) is 131 cm³/mol. The molecule has 31 heavy (non-hydrogen) atoms. The lowest BCUT2D eigenvalue weighted by molar-refractivity contribution is 0.201. The van der Waals surface area contributed by atoms with Crippen LogP contribution < -0.4 is 5.32 Å². The quantitative estimate of drug-likeness (QED) is 0.480. The summed E-state index contributed by atoms with van der Waals surface area (Å²) >= 11 is 0. The number of hydrogen-bond donors (Lipinski definition) is 2. The fourth-order valence-corrected chi connectivity index (χ4v) is 5.97. The van der Waals surface area contributed by atoms with E-state index >= 15 is 0 Å². The van der Waals surface area contributed by atoms with Gasteiger partial charge in [0.1, 0.15) is 5.65 Å². The fourth-order valence-electron chi connectivity index (χ4n) is 5.97. The maximum Gasteiger partial charge on any atom is 0.138 e. The summed E-state index contributed by atoms with van der Waals surface area (Å²) in [5.41, 5.74) is 9.36. The third-order valence-electron chi connectivity index (χ3n) is 7.72. The minimum atomic E-state index is 0.402. The Morgan fingerprint density at radius 1 is 1.06 bits per heavy atom. The largest absolute Gasteiger partial charge is 0.346 e. The van der Waals surface area contributed by atoms with Crippen molar-refractivity contribution < 1.29 is 0 Å². The van der Waals surface area contributed by atoms with Crippen LogP contribution in [0.2, 0.25) is 0 Å². The molecule has 162 valence electrons. The van der Waals surface area contributed by atoms with Gasteiger partial charge in [-0.2, -0.15) is 0 Å². The zero-order valence-corrected chi connectivity index (χ0v) is 19.1. The number of aromatic amines is 1. The molecule has 0 amide bonds. The minimum Gasteiger partial charge on any atom is -0.346 e. The zero-order valence-electron chi connectivity index (χ0n) is 19.1. The number of rotatable bonds is 5. The van der Waals surface area contributed by atoms with E-state index in [-0.39, 0.29) is 0 Å². The van der Waals surface area contributed by atoms with Crippen molar-refractivity contribution in [1.82, 2.24) is 15.3 Å². The highest BCUT2D eigenvalue weighted by Crippen LogP contribution is 2.47. The first-order valence-corrected chi connectivity index (χ1v) is 12.1. The molecule has 0 radical (unpaired) electrons. The second kappa shape index (κ2) is 8.27. The van der Waals surface area contributed by atoms with Gasteiger partial charge in [-0.15, -0.1) is 0 Å². The van der Waals surface area contributed by atoms with Gasteiger partial charge in [0.25, 0.3) is 0 Å². The van der Waals surface area contributed by atoms with Crippen LogP contribution in [0.4, 0.5) is 0 Å².